The Kier molecular flexibility index (Phi) is 4.53. The van der Waals surface area contributed by atoms with E-state index in [4.69, 9.17) is 5.73 Å². The molecule has 1 aliphatic carbocycles. The van der Waals surface area contributed by atoms with Crippen molar-refractivity contribution in [1.82, 2.24) is 15.5 Å². The number of rotatable bonds is 3. The Bertz CT molecular complexity index is 747. The molecule has 3 amide bonds. The molecule has 3 aliphatic rings. The standard InChI is InChI=1S/C20H27N5O2/c21-17-23-16(26)20(24-17)10-12-25(13-11-20)18(27)22-14-19(8-4-5-9-19)15-6-2-1-3-7-15/h1-3,6-7H,4-5,8-14H2,(H,22,27)(H3,21,23,24,26). The van der Waals surface area contributed by atoms with Crippen LogP contribution in [0, 0.1) is 0 Å². The summed E-state index contributed by atoms with van der Waals surface area (Å²) >= 11 is 0. The fourth-order valence-corrected chi connectivity index (χ4v) is 4.73. The normalized spacial score (nSPS) is 23.2. The van der Waals surface area contributed by atoms with Gasteiger partial charge in [0.1, 0.15) is 5.54 Å². The lowest BCUT2D eigenvalue weighted by molar-refractivity contribution is -0.125. The molecule has 1 aromatic carbocycles. The molecule has 0 atom stereocenters. The van der Waals surface area contributed by atoms with Crippen LogP contribution in [0.3, 0.4) is 0 Å². The molecule has 1 spiro atoms. The highest BCUT2D eigenvalue weighted by molar-refractivity contribution is 6.06. The largest absolute Gasteiger partial charge is 0.370 e. The Morgan fingerprint density at radius 1 is 1.15 bits per heavy atom. The molecule has 1 saturated heterocycles. The van der Waals surface area contributed by atoms with E-state index in [-0.39, 0.29) is 23.3 Å². The zero-order valence-electron chi connectivity index (χ0n) is 15.5. The van der Waals surface area contributed by atoms with Gasteiger partial charge in [-0.1, -0.05) is 43.2 Å². The van der Waals surface area contributed by atoms with Gasteiger partial charge in [-0.05, 0) is 31.2 Å². The fraction of sp³-hybridized carbons (Fsp3) is 0.550. The number of likely N-dealkylation sites (tertiary alicyclic amines) is 1. The molecule has 27 heavy (non-hydrogen) atoms. The van der Waals surface area contributed by atoms with Crippen LogP contribution in [0.15, 0.2) is 35.3 Å². The van der Waals surface area contributed by atoms with E-state index in [2.05, 4.69) is 39.9 Å². The molecule has 1 aromatic rings. The maximum Gasteiger partial charge on any atom is 0.317 e. The first kappa shape index (κ1) is 17.8. The summed E-state index contributed by atoms with van der Waals surface area (Å²) in [6.07, 6.45) is 5.63. The molecule has 4 rings (SSSR count). The highest BCUT2D eigenvalue weighted by atomic mass is 16.2. The number of hydrogen-bond acceptors (Lipinski definition) is 4. The summed E-state index contributed by atoms with van der Waals surface area (Å²) in [4.78, 5) is 30.9. The minimum Gasteiger partial charge on any atom is -0.370 e. The number of piperidine rings is 1. The molecule has 1 saturated carbocycles. The molecular weight excluding hydrogens is 342 g/mol. The Morgan fingerprint density at radius 3 is 2.41 bits per heavy atom. The quantitative estimate of drug-likeness (QED) is 0.752. The smallest absolute Gasteiger partial charge is 0.317 e. The number of benzene rings is 1. The van der Waals surface area contributed by atoms with E-state index in [0.29, 0.717) is 32.5 Å². The van der Waals surface area contributed by atoms with Gasteiger partial charge < -0.3 is 16.0 Å². The highest BCUT2D eigenvalue weighted by Crippen LogP contribution is 2.40. The summed E-state index contributed by atoms with van der Waals surface area (Å²) in [6.45, 7) is 1.67. The van der Waals surface area contributed by atoms with Crippen LogP contribution in [0.5, 0.6) is 0 Å². The van der Waals surface area contributed by atoms with E-state index in [9.17, 15) is 9.59 Å². The van der Waals surface area contributed by atoms with Gasteiger partial charge in [0.15, 0.2) is 5.96 Å². The number of guanidine groups is 1. The number of carbonyl (C=O) groups excluding carboxylic acids is 2. The summed E-state index contributed by atoms with van der Waals surface area (Å²) in [5.74, 6) is 0.0398. The molecule has 7 heteroatoms. The Balaban J connectivity index is 1.37. The summed E-state index contributed by atoms with van der Waals surface area (Å²) in [5.41, 5.74) is 6.21. The van der Waals surface area contributed by atoms with Crippen molar-refractivity contribution in [2.45, 2.75) is 49.5 Å². The second-order valence-corrected chi connectivity index (χ2v) is 7.98. The zero-order valence-corrected chi connectivity index (χ0v) is 15.5. The molecule has 4 N–H and O–H groups in total. The Morgan fingerprint density at radius 2 is 1.81 bits per heavy atom. The molecule has 0 radical (unpaired) electrons. The summed E-state index contributed by atoms with van der Waals surface area (Å²) in [7, 11) is 0. The Hall–Kier alpha value is -2.57. The van der Waals surface area contributed by atoms with Crippen LogP contribution in [-0.2, 0) is 10.2 Å². The Labute approximate surface area is 159 Å². The van der Waals surface area contributed by atoms with Crippen LogP contribution in [0.25, 0.3) is 0 Å². The van der Waals surface area contributed by atoms with E-state index in [0.717, 1.165) is 12.8 Å². The van der Waals surface area contributed by atoms with Gasteiger partial charge in [-0.25, -0.2) is 9.79 Å². The molecular formula is C20H27N5O2. The summed E-state index contributed by atoms with van der Waals surface area (Å²) < 4.78 is 0. The predicted molar refractivity (Wildman–Crippen MR) is 103 cm³/mol. The molecule has 0 bridgehead atoms. The minimum atomic E-state index is -0.780. The molecule has 144 valence electrons. The highest BCUT2D eigenvalue weighted by Gasteiger charge is 2.46. The third kappa shape index (κ3) is 3.26. The molecule has 2 heterocycles. The lowest BCUT2D eigenvalue weighted by Crippen LogP contribution is -2.53. The van der Waals surface area contributed by atoms with Gasteiger partial charge in [-0.15, -0.1) is 0 Å². The topological polar surface area (TPSA) is 99.8 Å². The minimum absolute atomic E-state index is 0.0397. The van der Waals surface area contributed by atoms with Crippen molar-refractivity contribution in [3.8, 4) is 0 Å². The number of urea groups is 1. The van der Waals surface area contributed by atoms with Crippen molar-refractivity contribution in [3.63, 3.8) is 0 Å². The summed E-state index contributed by atoms with van der Waals surface area (Å²) in [6, 6.07) is 10.5. The predicted octanol–water partition coefficient (Wildman–Crippen LogP) is 1.49. The second-order valence-electron chi connectivity index (χ2n) is 7.98. The van der Waals surface area contributed by atoms with Gasteiger partial charge in [-0.3, -0.25) is 10.1 Å². The van der Waals surface area contributed by atoms with Crippen molar-refractivity contribution in [2.24, 2.45) is 10.7 Å². The molecule has 2 aliphatic heterocycles. The van der Waals surface area contributed by atoms with Crippen LogP contribution in [0.1, 0.15) is 44.1 Å². The van der Waals surface area contributed by atoms with Gasteiger partial charge >= 0.3 is 6.03 Å². The van der Waals surface area contributed by atoms with Crippen LogP contribution >= 0.6 is 0 Å². The first-order valence-electron chi connectivity index (χ1n) is 9.78. The monoisotopic (exact) mass is 369 g/mol. The number of nitrogens with one attached hydrogen (secondary N) is 2. The maximum atomic E-state index is 12.7. The fourth-order valence-electron chi connectivity index (χ4n) is 4.73. The first-order valence-corrected chi connectivity index (χ1v) is 9.78. The third-order valence-corrected chi connectivity index (χ3v) is 6.40. The zero-order chi connectivity index (χ0) is 18.9. The number of hydrogen-bond donors (Lipinski definition) is 3. The van der Waals surface area contributed by atoms with Crippen molar-refractivity contribution in [1.29, 1.82) is 0 Å². The first-order chi connectivity index (χ1) is 13.0. The summed E-state index contributed by atoms with van der Waals surface area (Å²) in [5, 5.41) is 5.74. The number of carbonyl (C=O) groups is 2. The van der Waals surface area contributed by atoms with Crippen LogP contribution < -0.4 is 16.4 Å². The molecule has 0 unspecified atom stereocenters. The van der Waals surface area contributed by atoms with Gasteiger partial charge in [-0.2, -0.15) is 0 Å². The van der Waals surface area contributed by atoms with Gasteiger partial charge in [0.2, 0.25) is 0 Å². The van der Waals surface area contributed by atoms with Gasteiger partial charge in [0, 0.05) is 25.0 Å². The number of nitrogens with zero attached hydrogens (tertiary/aromatic N) is 2. The average molecular weight is 369 g/mol. The third-order valence-electron chi connectivity index (χ3n) is 6.40. The lowest BCUT2D eigenvalue weighted by Gasteiger charge is -2.36. The van der Waals surface area contributed by atoms with Crippen LogP contribution in [0.2, 0.25) is 0 Å². The molecule has 7 nitrogen and oxygen atoms in total. The van der Waals surface area contributed by atoms with Crippen LogP contribution in [0.4, 0.5) is 4.79 Å². The SMILES string of the molecule is NC1=NC2(CCN(C(=O)NCC3(c4ccccc4)CCCC3)CC2)C(=O)N1. The van der Waals surface area contributed by atoms with Crippen molar-refractivity contribution < 1.29 is 9.59 Å². The van der Waals surface area contributed by atoms with E-state index in [1.165, 1.54) is 18.4 Å². The van der Waals surface area contributed by atoms with E-state index < -0.39 is 5.54 Å². The molecule has 0 aromatic heterocycles. The van der Waals surface area contributed by atoms with E-state index >= 15 is 0 Å². The van der Waals surface area contributed by atoms with Crippen molar-refractivity contribution in [2.75, 3.05) is 19.6 Å². The number of amides is 3. The van der Waals surface area contributed by atoms with Crippen molar-refractivity contribution >= 4 is 17.9 Å². The number of aliphatic imine (C=N–C) groups is 1. The molecule has 2 fully saturated rings. The van der Waals surface area contributed by atoms with Crippen molar-refractivity contribution in [3.05, 3.63) is 35.9 Å². The van der Waals surface area contributed by atoms with Gasteiger partial charge in [0.25, 0.3) is 5.91 Å². The van der Waals surface area contributed by atoms with E-state index in [1.54, 1.807) is 4.90 Å². The maximum absolute atomic E-state index is 12.7. The average Bonchev–Trinajstić information content (AvgIpc) is 3.27. The second kappa shape index (κ2) is 6.87. The number of nitrogens with two attached hydrogens (primary N) is 1. The van der Waals surface area contributed by atoms with E-state index in [1.807, 2.05) is 6.07 Å². The van der Waals surface area contributed by atoms with Gasteiger partial charge in [0.05, 0.1) is 0 Å². The van der Waals surface area contributed by atoms with Crippen LogP contribution in [-0.4, -0.2) is 48.0 Å². The lowest BCUT2D eigenvalue weighted by atomic mass is 9.79.